The van der Waals surface area contributed by atoms with Gasteiger partial charge >= 0.3 is 20.8 Å². The standard InChI is InChI=1S/C26H25N5O19S6/c27-23-22-15(13-21(54(38,39)40)25(23)31-28-16-4-6-18(7-5-16)52(34,35)10-8-47-55(41,42)43)12-20(51-50-49-33)24(26(22)32)30-29-17-2-1-3-19(14-17)53(36,37)11-9-48-56(44,45)46/h1-7,12-14,32-33H,8-11,27H2,(H,38,39,40)(H,41,42,43)(H,44,45,46)/b30-29-,31-28?. The number of hydrogen-bond donors (Lipinski definition) is 6. The zero-order valence-corrected chi connectivity index (χ0v) is 32.3. The average molecular weight is 904 g/mol. The molecule has 0 heterocycles. The number of azo groups is 2. The van der Waals surface area contributed by atoms with Gasteiger partial charge in [0.2, 0.25) is 0 Å². The number of hydrogen-bond acceptors (Lipinski definition) is 22. The van der Waals surface area contributed by atoms with Crippen LogP contribution in [0.4, 0.5) is 28.4 Å². The van der Waals surface area contributed by atoms with E-state index in [1.165, 1.54) is 12.1 Å². The van der Waals surface area contributed by atoms with Gasteiger partial charge in [-0.25, -0.2) is 30.5 Å². The number of aromatic hydroxyl groups is 1. The predicted molar refractivity (Wildman–Crippen MR) is 191 cm³/mol. The minimum absolute atomic E-state index is 0.0965. The summed E-state index contributed by atoms with van der Waals surface area (Å²) < 4.78 is 158. The second-order valence-electron chi connectivity index (χ2n) is 10.5. The van der Waals surface area contributed by atoms with Gasteiger partial charge in [0.05, 0.1) is 73.9 Å². The molecule has 4 aromatic rings. The van der Waals surface area contributed by atoms with E-state index >= 15 is 0 Å². The molecule has 24 nitrogen and oxygen atoms in total. The van der Waals surface area contributed by atoms with Gasteiger partial charge in [0.25, 0.3) is 10.1 Å². The largest absolute Gasteiger partial charge is 0.505 e. The summed E-state index contributed by atoms with van der Waals surface area (Å²) in [5.74, 6) is -2.53. The molecule has 0 aliphatic heterocycles. The lowest BCUT2D eigenvalue weighted by molar-refractivity contribution is -0.432. The first kappa shape index (κ1) is 44.4. The molecular weight excluding hydrogens is 879 g/mol. The van der Waals surface area contributed by atoms with Gasteiger partial charge < -0.3 is 10.8 Å². The van der Waals surface area contributed by atoms with Gasteiger partial charge in [-0.2, -0.15) is 35.5 Å². The van der Waals surface area contributed by atoms with E-state index in [1.807, 2.05) is 0 Å². The smallest absolute Gasteiger partial charge is 0.397 e. The molecule has 304 valence electrons. The van der Waals surface area contributed by atoms with Crippen LogP contribution in [-0.4, -0.2) is 90.8 Å². The number of benzene rings is 4. The highest BCUT2D eigenvalue weighted by molar-refractivity contribution is 7.94. The quantitative estimate of drug-likeness (QED) is 0.0206. The number of nitrogens with two attached hydrogens (primary N) is 1. The van der Waals surface area contributed by atoms with Crippen LogP contribution in [0.25, 0.3) is 10.8 Å². The number of rotatable bonds is 18. The van der Waals surface area contributed by atoms with Crippen molar-refractivity contribution in [3.63, 3.8) is 0 Å². The Labute approximate surface area is 321 Å². The molecule has 30 heteroatoms. The summed E-state index contributed by atoms with van der Waals surface area (Å²) in [7, 11) is -23.3. The normalized spacial score (nSPS) is 13.3. The second kappa shape index (κ2) is 17.5. The number of nitrogens with zero attached hydrogens (tertiary/aromatic N) is 4. The Bertz CT molecular complexity index is 2760. The zero-order chi connectivity index (χ0) is 41.7. The van der Waals surface area contributed by atoms with Crippen molar-refractivity contribution < 1.29 is 83.8 Å². The van der Waals surface area contributed by atoms with Crippen LogP contribution in [0.3, 0.4) is 0 Å². The van der Waals surface area contributed by atoms with Crippen molar-refractivity contribution in [1.82, 2.24) is 0 Å². The molecule has 0 bridgehead atoms. The third kappa shape index (κ3) is 11.9. The molecule has 0 aliphatic rings. The van der Waals surface area contributed by atoms with Crippen LogP contribution in [0.15, 0.2) is 101 Å². The van der Waals surface area contributed by atoms with E-state index in [1.54, 1.807) is 0 Å². The summed E-state index contributed by atoms with van der Waals surface area (Å²) in [5.41, 5.74) is 4.20. The number of nitrogen functional groups attached to an aromatic ring is 1. The van der Waals surface area contributed by atoms with Gasteiger partial charge in [-0.1, -0.05) is 11.1 Å². The van der Waals surface area contributed by atoms with Gasteiger partial charge in [-0.15, -0.1) is 14.6 Å². The zero-order valence-electron chi connectivity index (χ0n) is 27.4. The minimum atomic E-state index is -5.14. The topological polar surface area (TPSA) is 384 Å². The van der Waals surface area contributed by atoms with Crippen LogP contribution < -0.4 is 5.73 Å². The Kier molecular flexibility index (Phi) is 13.9. The van der Waals surface area contributed by atoms with Gasteiger partial charge in [0.1, 0.15) is 16.3 Å². The van der Waals surface area contributed by atoms with E-state index in [9.17, 15) is 51.7 Å². The molecule has 0 aliphatic carbocycles. The molecule has 7 N–H and O–H groups in total. The Morgan fingerprint density at radius 2 is 1.21 bits per heavy atom. The first-order valence-electron chi connectivity index (χ1n) is 14.4. The summed E-state index contributed by atoms with van der Waals surface area (Å²) in [5, 5.41) is 38.6. The molecule has 0 radical (unpaired) electrons. The summed E-state index contributed by atoms with van der Waals surface area (Å²) in [4.78, 5) is -1.85. The van der Waals surface area contributed by atoms with E-state index in [-0.39, 0.29) is 48.9 Å². The van der Waals surface area contributed by atoms with Crippen molar-refractivity contribution in [2.75, 3.05) is 30.5 Å². The predicted octanol–water partition coefficient (Wildman–Crippen LogP) is 3.82. The maximum absolute atomic E-state index is 12.7. The average Bonchev–Trinajstić information content (AvgIpc) is 3.08. The third-order valence-corrected chi connectivity index (χ3v) is 12.6. The first-order valence-corrected chi connectivity index (χ1v) is 22.6. The Hall–Kier alpha value is -4.28. The lowest BCUT2D eigenvalue weighted by Crippen LogP contribution is -2.15. The highest BCUT2D eigenvalue weighted by atomic mass is 32.3. The van der Waals surface area contributed by atoms with Crippen LogP contribution in [-0.2, 0) is 68.3 Å². The molecule has 0 atom stereocenters. The van der Waals surface area contributed by atoms with Crippen molar-refractivity contribution >= 4 is 102 Å². The summed E-state index contributed by atoms with van der Waals surface area (Å²) in [6.45, 7) is -1.80. The van der Waals surface area contributed by atoms with Crippen LogP contribution >= 0.6 is 12.0 Å². The third-order valence-electron chi connectivity index (χ3n) is 6.82. The SMILES string of the molecule is Nc1c(N=Nc2ccc(S(=O)(=O)CCOS(=O)(=O)O)cc2)c(S(=O)(=O)O)cc2cc(SOOO)c(/N=N\c3cccc(S(=O)(=O)CCOS(=O)(=O)O)c3)c(O)c12. The van der Waals surface area contributed by atoms with Crippen LogP contribution in [0.5, 0.6) is 5.75 Å². The van der Waals surface area contributed by atoms with Crippen molar-refractivity contribution in [3.05, 3.63) is 60.7 Å². The van der Waals surface area contributed by atoms with E-state index in [2.05, 4.69) is 38.2 Å². The van der Waals surface area contributed by atoms with E-state index in [0.717, 1.165) is 48.5 Å². The van der Waals surface area contributed by atoms with Crippen LogP contribution in [0.1, 0.15) is 0 Å². The molecule has 0 amide bonds. The van der Waals surface area contributed by atoms with Crippen molar-refractivity contribution in [2.24, 2.45) is 20.5 Å². The van der Waals surface area contributed by atoms with Crippen LogP contribution in [0, 0.1) is 0 Å². The van der Waals surface area contributed by atoms with Gasteiger partial charge in [-0.05, 0) is 60.0 Å². The summed E-state index contributed by atoms with van der Waals surface area (Å²) in [6.07, 6.45) is 0. The number of fused-ring (bicyclic) bond motifs is 1. The molecule has 0 fully saturated rings. The van der Waals surface area contributed by atoms with Gasteiger partial charge in [-0.3, -0.25) is 13.7 Å². The molecule has 0 saturated heterocycles. The maximum atomic E-state index is 12.7. The molecule has 4 rings (SSSR count). The maximum Gasteiger partial charge on any atom is 0.397 e. The number of sulfone groups is 2. The molecule has 0 saturated carbocycles. The fraction of sp³-hybridized carbons (Fsp3) is 0.154. The summed E-state index contributed by atoms with van der Waals surface area (Å²) in [6, 6.07) is 10.9. The Balaban J connectivity index is 1.76. The fourth-order valence-corrected chi connectivity index (χ4v) is 8.61. The second-order valence-corrected chi connectivity index (χ2v) is 19.1. The summed E-state index contributed by atoms with van der Waals surface area (Å²) >= 11 is 0.221. The highest BCUT2D eigenvalue weighted by Crippen LogP contribution is 2.49. The molecule has 4 aromatic carbocycles. The molecule has 0 unspecified atom stereocenters. The van der Waals surface area contributed by atoms with Crippen molar-refractivity contribution in [2.45, 2.75) is 19.6 Å². The van der Waals surface area contributed by atoms with Gasteiger partial charge in [0, 0.05) is 0 Å². The molecule has 56 heavy (non-hydrogen) atoms. The minimum Gasteiger partial charge on any atom is -0.505 e. The first-order chi connectivity index (χ1) is 25.9. The molecule has 0 spiro atoms. The van der Waals surface area contributed by atoms with Gasteiger partial charge in [0.15, 0.2) is 25.4 Å². The molecule has 0 aromatic heterocycles. The number of phenols is 1. The lowest BCUT2D eigenvalue weighted by atomic mass is 10.1. The highest BCUT2D eigenvalue weighted by Gasteiger charge is 2.26. The monoisotopic (exact) mass is 903 g/mol. The van der Waals surface area contributed by atoms with Crippen molar-refractivity contribution in [1.29, 1.82) is 0 Å². The number of phenolic OH excluding ortho intramolecular Hbond substituents is 1. The molecular formula is C26H25N5O19S6. The van der Waals surface area contributed by atoms with E-state index in [0.29, 0.717) is 0 Å². The Morgan fingerprint density at radius 3 is 1.77 bits per heavy atom. The van der Waals surface area contributed by atoms with E-state index < -0.39 is 103 Å². The van der Waals surface area contributed by atoms with E-state index in [4.69, 9.17) is 20.1 Å². The van der Waals surface area contributed by atoms with Crippen LogP contribution in [0.2, 0.25) is 0 Å². The van der Waals surface area contributed by atoms with Crippen molar-refractivity contribution in [3.8, 4) is 5.75 Å². The fourth-order valence-electron chi connectivity index (χ4n) is 4.43. The Morgan fingerprint density at radius 1 is 0.661 bits per heavy atom. The lowest BCUT2D eigenvalue weighted by Gasteiger charge is -2.14. The number of anilines is 1.